The fraction of sp³-hybridized carbons (Fsp3) is 0.391. The van der Waals surface area contributed by atoms with Gasteiger partial charge in [-0.25, -0.2) is 0 Å². The Morgan fingerprint density at radius 3 is 2.03 bits per heavy atom. The van der Waals surface area contributed by atoms with Crippen LogP contribution in [0.4, 0.5) is 11.4 Å². The highest BCUT2D eigenvalue weighted by Crippen LogP contribution is 2.37. The Labute approximate surface area is 172 Å². The Morgan fingerprint density at radius 1 is 0.931 bits per heavy atom. The Balaban J connectivity index is 2.25. The quantitative estimate of drug-likeness (QED) is 0.583. The molecule has 29 heavy (non-hydrogen) atoms. The first kappa shape index (κ1) is 22.3. The fourth-order valence-electron chi connectivity index (χ4n) is 3.08. The highest BCUT2D eigenvalue weighted by Gasteiger charge is 2.20. The van der Waals surface area contributed by atoms with E-state index in [4.69, 9.17) is 9.47 Å². The van der Waals surface area contributed by atoms with Crippen molar-refractivity contribution in [3.05, 3.63) is 48.0 Å². The number of unbranched alkanes of at least 4 members (excludes halogenated alkanes) is 1. The summed E-state index contributed by atoms with van der Waals surface area (Å²) in [5.74, 6) is 0.540. The summed E-state index contributed by atoms with van der Waals surface area (Å²) >= 11 is 0. The number of rotatable bonds is 10. The van der Waals surface area contributed by atoms with Gasteiger partial charge >= 0.3 is 0 Å². The molecule has 0 heterocycles. The van der Waals surface area contributed by atoms with Gasteiger partial charge in [0.05, 0.1) is 25.6 Å². The standard InChI is InChI=1S/C23H30N2O4/c1-5-7-11-16(6-2)22(26)24-18-14-21(29-4)19(15-20(18)28-3)25-23(27)17-12-9-8-10-13-17/h8-10,12-16H,5-7,11H2,1-4H3,(H,24,26)(H,25,27)/t16-/m0/s1. The molecule has 6 nitrogen and oxygen atoms in total. The molecule has 0 bridgehead atoms. The highest BCUT2D eigenvalue weighted by atomic mass is 16.5. The molecular formula is C23H30N2O4. The third kappa shape index (κ3) is 5.98. The first-order valence-electron chi connectivity index (χ1n) is 9.97. The molecule has 0 aliphatic rings. The summed E-state index contributed by atoms with van der Waals surface area (Å²) < 4.78 is 10.9. The topological polar surface area (TPSA) is 76.7 Å². The third-order valence-electron chi connectivity index (χ3n) is 4.83. The van der Waals surface area contributed by atoms with Crippen molar-refractivity contribution < 1.29 is 19.1 Å². The number of carbonyl (C=O) groups excluding carboxylic acids is 2. The zero-order valence-corrected chi connectivity index (χ0v) is 17.6. The van der Waals surface area contributed by atoms with Crippen LogP contribution in [0, 0.1) is 5.92 Å². The van der Waals surface area contributed by atoms with Crippen LogP contribution in [0.3, 0.4) is 0 Å². The Kier molecular flexibility index (Phi) is 8.52. The van der Waals surface area contributed by atoms with Crippen molar-refractivity contribution in [2.75, 3.05) is 24.9 Å². The van der Waals surface area contributed by atoms with Crippen molar-refractivity contribution in [1.29, 1.82) is 0 Å². The molecule has 0 fully saturated rings. The van der Waals surface area contributed by atoms with Gasteiger partial charge in [-0.05, 0) is 25.0 Å². The Morgan fingerprint density at radius 2 is 1.52 bits per heavy atom. The summed E-state index contributed by atoms with van der Waals surface area (Å²) in [6.45, 7) is 4.13. The minimum Gasteiger partial charge on any atom is -0.494 e. The van der Waals surface area contributed by atoms with E-state index >= 15 is 0 Å². The first-order chi connectivity index (χ1) is 14.0. The maximum absolute atomic E-state index is 12.7. The van der Waals surface area contributed by atoms with Crippen molar-refractivity contribution in [3.8, 4) is 11.5 Å². The second-order valence-corrected chi connectivity index (χ2v) is 6.81. The van der Waals surface area contributed by atoms with Gasteiger partial charge in [-0.2, -0.15) is 0 Å². The molecule has 0 aliphatic heterocycles. The van der Waals surface area contributed by atoms with Crippen LogP contribution in [0.5, 0.6) is 11.5 Å². The zero-order valence-electron chi connectivity index (χ0n) is 17.6. The predicted molar refractivity (Wildman–Crippen MR) is 116 cm³/mol. The molecule has 1 atom stereocenters. The molecule has 2 amide bonds. The second kappa shape index (κ2) is 11.1. The summed E-state index contributed by atoms with van der Waals surface area (Å²) in [5, 5.41) is 5.79. The molecule has 0 saturated heterocycles. The molecule has 0 aromatic heterocycles. The number of hydrogen-bond donors (Lipinski definition) is 2. The molecule has 6 heteroatoms. The van der Waals surface area contributed by atoms with Gasteiger partial charge in [0.15, 0.2) is 0 Å². The summed E-state index contributed by atoms with van der Waals surface area (Å²) in [7, 11) is 3.04. The minimum atomic E-state index is -0.256. The second-order valence-electron chi connectivity index (χ2n) is 6.81. The molecule has 0 unspecified atom stereocenters. The summed E-state index contributed by atoms with van der Waals surface area (Å²) in [5.41, 5.74) is 1.52. The van der Waals surface area contributed by atoms with E-state index in [1.54, 1.807) is 36.4 Å². The van der Waals surface area contributed by atoms with Crippen molar-refractivity contribution in [2.45, 2.75) is 39.5 Å². The van der Waals surface area contributed by atoms with Crippen molar-refractivity contribution in [2.24, 2.45) is 5.92 Å². The molecule has 0 spiro atoms. The van der Waals surface area contributed by atoms with E-state index in [1.165, 1.54) is 14.2 Å². The van der Waals surface area contributed by atoms with Gasteiger partial charge in [0.1, 0.15) is 11.5 Å². The van der Waals surface area contributed by atoms with E-state index in [-0.39, 0.29) is 17.7 Å². The van der Waals surface area contributed by atoms with Crippen LogP contribution in [-0.2, 0) is 4.79 Å². The van der Waals surface area contributed by atoms with Gasteiger partial charge in [0.2, 0.25) is 5.91 Å². The number of benzene rings is 2. The molecule has 0 aliphatic carbocycles. The summed E-state index contributed by atoms with van der Waals surface area (Å²) in [4.78, 5) is 25.2. The van der Waals surface area contributed by atoms with Gasteiger partial charge in [0, 0.05) is 23.6 Å². The Bertz CT molecular complexity index is 821. The molecule has 156 valence electrons. The monoisotopic (exact) mass is 398 g/mol. The maximum Gasteiger partial charge on any atom is 0.255 e. The largest absolute Gasteiger partial charge is 0.494 e. The number of amides is 2. The lowest BCUT2D eigenvalue weighted by atomic mass is 9.98. The number of carbonyl (C=O) groups is 2. The minimum absolute atomic E-state index is 0.0395. The molecular weight excluding hydrogens is 368 g/mol. The van der Waals surface area contributed by atoms with Crippen LogP contribution in [0.25, 0.3) is 0 Å². The highest BCUT2D eigenvalue weighted by molar-refractivity contribution is 6.05. The first-order valence-corrected chi connectivity index (χ1v) is 9.97. The smallest absolute Gasteiger partial charge is 0.255 e. The van der Waals surface area contributed by atoms with Crippen molar-refractivity contribution >= 4 is 23.2 Å². The number of anilines is 2. The fourth-order valence-corrected chi connectivity index (χ4v) is 3.08. The molecule has 0 radical (unpaired) electrons. The number of ether oxygens (including phenoxy) is 2. The van der Waals surface area contributed by atoms with Gasteiger partial charge in [-0.3, -0.25) is 9.59 Å². The van der Waals surface area contributed by atoms with E-state index in [1.807, 2.05) is 13.0 Å². The average molecular weight is 399 g/mol. The van der Waals surface area contributed by atoms with Crippen LogP contribution >= 0.6 is 0 Å². The third-order valence-corrected chi connectivity index (χ3v) is 4.83. The SMILES string of the molecule is CCCC[C@H](CC)C(=O)Nc1cc(OC)c(NC(=O)c2ccccc2)cc1OC. The van der Waals surface area contributed by atoms with Crippen molar-refractivity contribution in [3.63, 3.8) is 0 Å². The van der Waals surface area contributed by atoms with E-state index < -0.39 is 0 Å². The van der Waals surface area contributed by atoms with Gasteiger partial charge in [0.25, 0.3) is 5.91 Å². The summed E-state index contributed by atoms with van der Waals surface area (Å²) in [6, 6.07) is 12.2. The normalized spacial score (nSPS) is 11.4. The number of hydrogen-bond acceptors (Lipinski definition) is 4. The van der Waals surface area contributed by atoms with E-state index in [0.717, 1.165) is 25.7 Å². The molecule has 0 saturated carbocycles. The zero-order chi connectivity index (χ0) is 21.2. The van der Waals surface area contributed by atoms with Gasteiger partial charge < -0.3 is 20.1 Å². The molecule has 2 N–H and O–H groups in total. The van der Waals surface area contributed by atoms with Crippen LogP contribution in [0.15, 0.2) is 42.5 Å². The molecule has 2 aromatic rings. The van der Waals surface area contributed by atoms with Gasteiger partial charge in [-0.15, -0.1) is 0 Å². The molecule has 2 aromatic carbocycles. The van der Waals surface area contributed by atoms with Crippen LogP contribution < -0.4 is 20.1 Å². The van der Waals surface area contributed by atoms with Crippen molar-refractivity contribution in [1.82, 2.24) is 0 Å². The number of nitrogens with one attached hydrogen (secondary N) is 2. The van der Waals surface area contributed by atoms with Crippen LogP contribution in [0.1, 0.15) is 49.9 Å². The lowest BCUT2D eigenvalue weighted by Gasteiger charge is -2.19. The summed E-state index contributed by atoms with van der Waals surface area (Å²) in [6.07, 6.45) is 3.69. The van der Waals surface area contributed by atoms with Crippen LogP contribution in [0.2, 0.25) is 0 Å². The Hall–Kier alpha value is -3.02. The van der Waals surface area contributed by atoms with Gasteiger partial charge in [-0.1, -0.05) is 44.9 Å². The lowest BCUT2D eigenvalue weighted by Crippen LogP contribution is -2.22. The predicted octanol–water partition coefficient (Wildman–Crippen LogP) is 5.11. The lowest BCUT2D eigenvalue weighted by molar-refractivity contribution is -0.120. The van der Waals surface area contributed by atoms with E-state index in [2.05, 4.69) is 17.6 Å². The average Bonchev–Trinajstić information content (AvgIpc) is 2.75. The number of methoxy groups -OCH3 is 2. The molecule has 2 rings (SSSR count). The van der Waals surface area contributed by atoms with E-state index in [9.17, 15) is 9.59 Å². The van der Waals surface area contributed by atoms with E-state index in [0.29, 0.717) is 28.4 Å². The van der Waals surface area contributed by atoms with Crippen LogP contribution in [-0.4, -0.2) is 26.0 Å². The maximum atomic E-state index is 12.7.